The Hall–Kier alpha value is -1.62. The summed E-state index contributed by atoms with van der Waals surface area (Å²) in [5, 5.41) is 2.87. The molecule has 5 heteroatoms. The zero-order valence-electron chi connectivity index (χ0n) is 14.1. The van der Waals surface area contributed by atoms with Crippen LogP contribution in [0.2, 0.25) is 0 Å². The van der Waals surface area contributed by atoms with Crippen LogP contribution in [0.1, 0.15) is 44.1 Å². The van der Waals surface area contributed by atoms with Crippen molar-refractivity contribution in [3.8, 4) is 5.75 Å². The second-order valence-corrected chi connectivity index (χ2v) is 6.92. The molecule has 0 bridgehead atoms. The molecule has 3 rings (SSSR count). The summed E-state index contributed by atoms with van der Waals surface area (Å²) in [5.41, 5.74) is 1.27. The Morgan fingerprint density at radius 3 is 3.09 bits per heavy atom. The molecule has 1 amide bonds. The lowest BCUT2D eigenvalue weighted by molar-refractivity contribution is -0.118. The van der Waals surface area contributed by atoms with E-state index in [0.29, 0.717) is 17.9 Å². The summed E-state index contributed by atoms with van der Waals surface area (Å²) in [4.78, 5) is 17.6. The van der Waals surface area contributed by atoms with Gasteiger partial charge in [-0.1, -0.05) is 0 Å². The number of nitrogens with zero attached hydrogens (tertiary/aromatic N) is 2. The second-order valence-electron chi connectivity index (χ2n) is 6.92. The smallest absolute Gasteiger partial charge is 0.216 e. The topological polar surface area (TPSA) is 54.5 Å². The van der Waals surface area contributed by atoms with Gasteiger partial charge in [0.1, 0.15) is 12.4 Å². The summed E-state index contributed by atoms with van der Waals surface area (Å²) in [7, 11) is 2.17. The van der Waals surface area contributed by atoms with Gasteiger partial charge in [0.25, 0.3) is 0 Å². The number of aromatic nitrogens is 1. The summed E-state index contributed by atoms with van der Waals surface area (Å²) in [6.45, 7) is 4.26. The molecular weight excluding hydrogens is 290 g/mol. The number of pyridine rings is 1. The first-order valence-corrected chi connectivity index (χ1v) is 8.66. The number of carbonyl (C=O) groups is 1. The number of amides is 1. The maximum Gasteiger partial charge on any atom is 0.216 e. The summed E-state index contributed by atoms with van der Waals surface area (Å²) in [6.07, 6.45) is 8.49. The Labute approximate surface area is 138 Å². The van der Waals surface area contributed by atoms with Gasteiger partial charge in [-0.3, -0.25) is 9.78 Å². The highest BCUT2D eigenvalue weighted by atomic mass is 16.5. The van der Waals surface area contributed by atoms with Crippen LogP contribution in [0.25, 0.3) is 0 Å². The van der Waals surface area contributed by atoms with Gasteiger partial charge in [0.15, 0.2) is 0 Å². The molecule has 1 aliphatic heterocycles. The van der Waals surface area contributed by atoms with Crippen LogP contribution < -0.4 is 10.1 Å². The lowest BCUT2D eigenvalue weighted by atomic mass is 10.1. The Morgan fingerprint density at radius 2 is 2.35 bits per heavy atom. The van der Waals surface area contributed by atoms with E-state index in [1.54, 1.807) is 6.92 Å². The fourth-order valence-electron chi connectivity index (χ4n) is 3.51. The van der Waals surface area contributed by atoms with Crippen molar-refractivity contribution in [2.75, 3.05) is 26.7 Å². The van der Waals surface area contributed by atoms with Crippen molar-refractivity contribution in [3.05, 3.63) is 24.0 Å². The highest BCUT2D eigenvalue weighted by molar-refractivity contribution is 5.72. The van der Waals surface area contributed by atoms with Crippen molar-refractivity contribution in [1.29, 1.82) is 0 Å². The minimum Gasteiger partial charge on any atom is -0.490 e. The monoisotopic (exact) mass is 317 g/mol. The Bertz CT molecular complexity index is 549. The average Bonchev–Trinajstić information content (AvgIpc) is 3.19. The summed E-state index contributed by atoms with van der Waals surface area (Å²) >= 11 is 0. The number of hydrogen-bond donors (Lipinski definition) is 1. The summed E-state index contributed by atoms with van der Waals surface area (Å²) in [5.74, 6) is 2.18. The fraction of sp³-hybridized carbons (Fsp3) is 0.667. The van der Waals surface area contributed by atoms with Gasteiger partial charge in [-0.25, -0.2) is 0 Å². The standard InChI is InChI=1S/C18H27N3O2/c1-13(22)20-6-5-14-9-18(14)15-8-17(11-19-10-15)23-12-16-4-3-7-21(16)2/h8,10-11,14,16,18H,3-7,9,12H2,1-2H3,(H,20,22)/t14-,16-,18-/m0/s1. The van der Waals surface area contributed by atoms with Crippen LogP contribution in [0, 0.1) is 5.92 Å². The Morgan fingerprint density at radius 1 is 1.48 bits per heavy atom. The first kappa shape index (κ1) is 16.2. The maximum atomic E-state index is 10.9. The lowest BCUT2D eigenvalue weighted by Gasteiger charge is -2.19. The lowest BCUT2D eigenvalue weighted by Crippen LogP contribution is -2.30. The normalized spacial score (nSPS) is 27.0. The van der Waals surface area contributed by atoms with E-state index in [4.69, 9.17) is 4.74 Å². The molecule has 3 atom stereocenters. The van der Waals surface area contributed by atoms with Crippen molar-refractivity contribution in [2.24, 2.45) is 5.92 Å². The third-order valence-electron chi connectivity index (χ3n) is 5.09. The third-order valence-corrected chi connectivity index (χ3v) is 5.09. The van der Waals surface area contributed by atoms with Crippen LogP contribution in [0.3, 0.4) is 0 Å². The number of carbonyl (C=O) groups excluding carboxylic acids is 1. The predicted octanol–water partition coefficient (Wildman–Crippen LogP) is 2.18. The molecule has 1 saturated carbocycles. The molecule has 5 nitrogen and oxygen atoms in total. The molecule has 1 aliphatic carbocycles. The van der Waals surface area contributed by atoms with Crippen LogP contribution in [0.4, 0.5) is 0 Å². The van der Waals surface area contributed by atoms with Gasteiger partial charge in [0.2, 0.25) is 5.91 Å². The molecule has 126 valence electrons. The molecule has 2 aliphatic rings. The van der Waals surface area contributed by atoms with Crippen LogP contribution >= 0.6 is 0 Å². The third kappa shape index (κ3) is 4.44. The Kier molecular flexibility index (Phi) is 5.16. The van der Waals surface area contributed by atoms with Gasteiger partial charge in [0, 0.05) is 25.7 Å². The van der Waals surface area contributed by atoms with Crippen LogP contribution in [0.5, 0.6) is 5.75 Å². The first-order chi connectivity index (χ1) is 11.1. The second kappa shape index (κ2) is 7.30. The SMILES string of the molecule is CC(=O)NCC[C@H]1C[C@@H]1c1cncc(OC[C@@H]2CCCN2C)c1. The largest absolute Gasteiger partial charge is 0.490 e. The molecule has 0 radical (unpaired) electrons. The molecule has 0 aromatic carbocycles. The van der Waals surface area contributed by atoms with E-state index in [9.17, 15) is 4.79 Å². The summed E-state index contributed by atoms with van der Waals surface area (Å²) in [6, 6.07) is 2.68. The molecule has 1 saturated heterocycles. The number of nitrogens with one attached hydrogen (secondary N) is 1. The van der Waals surface area contributed by atoms with Gasteiger partial charge in [0.05, 0.1) is 6.20 Å². The Balaban J connectivity index is 1.47. The van der Waals surface area contributed by atoms with E-state index in [1.165, 1.54) is 31.4 Å². The molecule has 2 heterocycles. The molecule has 23 heavy (non-hydrogen) atoms. The van der Waals surface area contributed by atoms with Gasteiger partial charge in [-0.05, 0) is 62.7 Å². The zero-order valence-corrected chi connectivity index (χ0v) is 14.1. The molecule has 0 unspecified atom stereocenters. The van der Waals surface area contributed by atoms with Crippen molar-refractivity contribution in [1.82, 2.24) is 15.2 Å². The van der Waals surface area contributed by atoms with E-state index in [-0.39, 0.29) is 5.91 Å². The van der Waals surface area contributed by atoms with Crippen molar-refractivity contribution >= 4 is 5.91 Å². The van der Waals surface area contributed by atoms with E-state index in [0.717, 1.165) is 25.3 Å². The number of likely N-dealkylation sites (tertiary alicyclic amines) is 1. The number of hydrogen-bond acceptors (Lipinski definition) is 4. The van der Waals surface area contributed by atoms with Gasteiger partial charge < -0.3 is 15.0 Å². The van der Waals surface area contributed by atoms with Crippen molar-refractivity contribution in [3.63, 3.8) is 0 Å². The highest BCUT2D eigenvalue weighted by Crippen LogP contribution is 2.49. The molecule has 2 fully saturated rings. The first-order valence-electron chi connectivity index (χ1n) is 8.66. The molecule has 0 spiro atoms. The molecule has 1 aromatic heterocycles. The quantitative estimate of drug-likeness (QED) is 0.837. The number of rotatable bonds is 7. The van der Waals surface area contributed by atoms with Crippen LogP contribution in [-0.4, -0.2) is 48.6 Å². The van der Waals surface area contributed by atoms with Crippen LogP contribution in [0.15, 0.2) is 18.5 Å². The van der Waals surface area contributed by atoms with E-state index in [1.807, 2.05) is 12.4 Å². The highest BCUT2D eigenvalue weighted by Gasteiger charge is 2.38. The molecular formula is C18H27N3O2. The van der Waals surface area contributed by atoms with E-state index in [2.05, 4.69) is 28.3 Å². The number of likely N-dealkylation sites (N-methyl/N-ethyl adjacent to an activating group) is 1. The van der Waals surface area contributed by atoms with Crippen molar-refractivity contribution in [2.45, 2.75) is 44.6 Å². The van der Waals surface area contributed by atoms with Gasteiger partial charge in [-0.15, -0.1) is 0 Å². The maximum absolute atomic E-state index is 10.9. The van der Waals surface area contributed by atoms with Crippen molar-refractivity contribution < 1.29 is 9.53 Å². The fourth-order valence-corrected chi connectivity index (χ4v) is 3.51. The molecule has 1 aromatic rings. The zero-order chi connectivity index (χ0) is 16.2. The van der Waals surface area contributed by atoms with Gasteiger partial charge >= 0.3 is 0 Å². The van der Waals surface area contributed by atoms with Crippen LogP contribution in [-0.2, 0) is 4.79 Å². The van der Waals surface area contributed by atoms with E-state index < -0.39 is 0 Å². The minimum absolute atomic E-state index is 0.0520. The number of ether oxygens (including phenoxy) is 1. The van der Waals surface area contributed by atoms with Gasteiger partial charge in [-0.2, -0.15) is 0 Å². The minimum atomic E-state index is 0.0520. The predicted molar refractivity (Wildman–Crippen MR) is 89.5 cm³/mol. The molecule has 1 N–H and O–H groups in total. The summed E-state index contributed by atoms with van der Waals surface area (Å²) < 4.78 is 5.97. The average molecular weight is 317 g/mol. The van der Waals surface area contributed by atoms with E-state index >= 15 is 0 Å².